The van der Waals surface area contributed by atoms with Gasteiger partial charge in [-0.2, -0.15) is 0 Å². The van der Waals surface area contributed by atoms with Gasteiger partial charge in [-0.25, -0.2) is 0 Å². The summed E-state index contributed by atoms with van der Waals surface area (Å²) in [6.07, 6.45) is 0.641. The van der Waals surface area contributed by atoms with Crippen molar-refractivity contribution >= 4 is 17.7 Å². The van der Waals surface area contributed by atoms with Gasteiger partial charge >= 0.3 is 5.97 Å². The largest absolute Gasteiger partial charge is 0.462 e. The molecule has 0 aliphatic carbocycles. The van der Waals surface area contributed by atoms with Gasteiger partial charge in [0, 0.05) is 12.0 Å². The third-order valence-corrected chi connectivity index (χ3v) is 6.47. The van der Waals surface area contributed by atoms with E-state index in [1.54, 1.807) is 0 Å². The molecular weight excluding hydrogens is 394 g/mol. The van der Waals surface area contributed by atoms with Gasteiger partial charge < -0.3 is 4.74 Å². The second kappa shape index (κ2) is 8.26. The summed E-state index contributed by atoms with van der Waals surface area (Å²) < 4.78 is 7.42. The predicted octanol–water partition coefficient (Wildman–Crippen LogP) is 5.09. The summed E-state index contributed by atoms with van der Waals surface area (Å²) in [5.74, 6) is 0.638. The van der Waals surface area contributed by atoms with E-state index < -0.39 is 0 Å². The number of hydrogen-bond donors (Lipinski definition) is 0. The Hall–Kier alpha value is -2.60. The Labute approximate surface area is 181 Å². The highest BCUT2D eigenvalue weighted by Gasteiger charge is 2.34. The van der Waals surface area contributed by atoms with Gasteiger partial charge in [-0.15, -0.1) is 10.2 Å². The van der Waals surface area contributed by atoms with Crippen molar-refractivity contribution in [2.45, 2.75) is 62.6 Å². The highest BCUT2D eigenvalue weighted by Crippen LogP contribution is 2.34. The van der Waals surface area contributed by atoms with E-state index in [0.717, 1.165) is 22.1 Å². The fourth-order valence-corrected chi connectivity index (χ4v) is 4.70. The number of aromatic nitrogens is 3. The number of nitrogens with zero attached hydrogens (tertiary/aromatic N) is 3. The Bertz CT molecular complexity index is 1020. The fraction of sp³-hybridized carbons (Fsp3) is 0.375. The maximum atomic E-state index is 12.2. The average molecular weight is 422 g/mol. The van der Waals surface area contributed by atoms with Crippen molar-refractivity contribution in [3.63, 3.8) is 0 Å². The van der Waals surface area contributed by atoms with Gasteiger partial charge in [-0.05, 0) is 23.5 Å². The van der Waals surface area contributed by atoms with Crippen LogP contribution in [0.2, 0.25) is 0 Å². The molecule has 1 aromatic heterocycles. The fourth-order valence-electron chi connectivity index (χ4n) is 3.56. The first-order valence-electron chi connectivity index (χ1n) is 10.3. The van der Waals surface area contributed by atoms with Crippen LogP contribution in [0.1, 0.15) is 45.2 Å². The number of rotatable bonds is 5. The van der Waals surface area contributed by atoms with Gasteiger partial charge in [-0.1, -0.05) is 87.1 Å². The van der Waals surface area contributed by atoms with Crippen LogP contribution in [0.4, 0.5) is 0 Å². The molecule has 5 nitrogen and oxygen atoms in total. The topological polar surface area (TPSA) is 57.0 Å². The number of carbonyl (C=O) groups is 1. The minimum absolute atomic E-state index is 0.0510. The summed E-state index contributed by atoms with van der Waals surface area (Å²) in [6.45, 7) is 9.18. The zero-order valence-corrected chi connectivity index (χ0v) is 18.6. The quantitative estimate of drug-likeness (QED) is 0.537. The molecule has 0 radical (unpaired) electrons. The highest BCUT2D eigenvalue weighted by atomic mass is 32.2. The number of cyclic esters (lactones) is 1. The van der Waals surface area contributed by atoms with Gasteiger partial charge in [-0.3, -0.25) is 9.36 Å². The van der Waals surface area contributed by atoms with Crippen LogP contribution in [0.3, 0.4) is 0 Å². The summed E-state index contributed by atoms with van der Waals surface area (Å²) in [4.78, 5) is 12.2. The number of esters is 1. The molecule has 2 heterocycles. The predicted molar refractivity (Wildman–Crippen MR) is 120 cm³/mol. The Balaban J connectivity index is 1.69. The van der Waals surface area contributed by atoms with Gasteiger partial charge in [0.1, 0.15) is 11.4 Å². The van der Waals surface area contributed by atoms with E-state index in [-0.39, 0.29) is 22.7 Å². The van der Waals surface area contributed by atoms with Crippen molar-refractivity contribution in [3.05, 3.63) is 65.7 Å². The molecule has 1 fully saturated rings. The van der Waals surface area contributed by atoms with E-state index in [2.05, 4.69) is 71.9 Å². The molecule has 1 saturated heterocycles. The van der Waals surface area contributed by atoms with Crippen molar-refractivity contribution in [3.8, 4) is 11.4 Å². The molecule has 0 N–H and O–H groups in total. The average Bonchev–Trinajstić information content (AvgIpc) is 3.24. The van der Waals surface area contributed by atoms with E-state index >= 15 is 0 Å². The van der Waals surface area contributed by atoms with Crippen molar-refractivity contribution in [1.29, 1.82) is 0 Å². The van der Waals surface area contributed by atoms with Gasteiger partial charge in [0.05, 0.1) is 6.54 Å². The van der Waals surface area contributed by atoms with Crippen molar-refractivity contribution < 1.29 is 9.53 Å². The molecule has 156 valence electrons. The van der Waals surface area contributed by atoms with E-state index in [9.17, 15) is 4.79 Å². The molecular formula is C24H27N3O2S. The van der Waals surface area contributed by atoms with E-state index in [1.165, 1.54) is 17.3 Å². The lowest BCUT2D eigenvalue weighted by Gasteiger charge is -2.19. The van der Waals surface area contributed by atoms with Crippen LogP contribution < -0.4 is 0 Å². The van der Waals surface area contributed by atoms with Crippen LogP contribution in [0.5, 0.6) is 0 Å². The Morgan fingerprint density at radius 3 is 2.37 bits per heavy atom. The van der Waals surface area contributed by atoms with Crippen LogP contribution in [0.15, 0.2) is 59.8 Å². The van der Waals surface area contributed by atoms with Crippen LogP contribution in [-0.2, 0) is 21.5 Å². The van der Waals surface area contributed by atoms with Gasteiger partial charge in [0.2, 0.25) is 0 Å². The van der Waals surface area contributed by atoms with Crippen molar-refractivity contribution in [2.75, 3.05) is 0 Å². The minimum Gasteiger partial charge on any atom is -0.462 e. The molecule has 0 saturated carbocycles. The van der Waals surface area contributed by atoms with Gasteiger partial charge in [0.15, 0.2) is 11.0 Å². The second-order valence-electron chi connectivity index (χ2n) is 8.79. The molecule has 2 aromatic carbocycles. The Morgan fingerprint density at radius 2 is 1.77 bits per heavy atom. The summed E-state index contributed by atoms with van der Waals surface area (Å²) in [6, 6.07) is 18.8. The summed E-state index contributed by atoms with van der Waals surface area (Å²) in [5.41, 5.74) is 3.55. The second-order valence-corrected chi connectivity index (χ2v) is 9.96. The molecule has 4 rings (SSSR count). The molecule has 0 spiro atoms. The first-order chi connectivity index (χ1) is 14.3. The third-order valence-electron chi connectivity index (χ3n) is 5.28. The van der Waals surface area contributed by atoms with Gasteiger partial charge in [0.25, 0.3) is 0 Å². The zero-order valence-electron chi connectivity index (χ0n) is 17.8. The Kier molecular flexibility index (Phi) is 5.69. The summed E-state index contributed by atoms with van der Waals surface area (Å²) in [5, 5.41) is 9.45. The van der Waals surface area contributed by atoms with Crippen LogP contribution in [-0.4, -0.2) is 32.1 Å². The van der Waals surface area contributed by atoms with Crippen LogP contribution in [0, 0.1) is 0 Å². The number of carbonyl (C=O) groups excluding carboxylic acids is 1. The van der Waals surface area contributed by atoms with Crippen LogP contribution in [0.25, 0.3) is 11.4 Å². The smallest absolute Gasteiger partial charge is 0.319 e. The Morgan fingerprint density at radius 1 is 1.07 bits per heavy atom. The lowest BCUT2D eigenvalue weighted by Crippen LogP contribution is -2.12. The highest BCUT2D eigenvalue weighted by molar-refractivity contribution is 8.00. The molecule has 2 unspecified atom stereocenters. The molecule has 30 heavy (non-hydrogen) atoms. The molecule has 0 bridgehead atoms. The lowest BCUT2D eigenvalue weighted by atomic mass is 9.87. The molecule has 3 aromatic rings. The number of benzene rings is 2. The number of hydrogen-bond acceptors (Lipinski definition) is 5. The SMILES string of the molecule is CC1CC(Sc2nnc(-c3ccc(C(C)(C)C)cc3)n2Cc2ccccc2)C(=O)O1. The normalized spacial score (nSPS) is 19.1. The molecule has 6 heteroatoms. The maximum Gasteiger partial charge on any atom is 0.319 e. The molecule has 1 aliphatic rings. The summed E-state index contributed by atoms with van der Waals surface area (Å²) >= 11 is 1.45. The maximum absolute atomic E-state index is 12.2. The number of ether oxygens (including phenoxy) is 1. The van der Waals surface area contributed by atoms with E-state index in [4.69, 9.17) is 4.74 Å². The first-order valence-corrected chi connectivity index (χ1v) is 11.1. The van der Waals surface area contributed by atoms with E-state index in [0.29, 0.717) is 13.0 Å². The zero-order chi connectivity index (χ0) is 21.3. The summed E-state index contributed by atoms with van der Waals surface area (Å²) in [7, 11) is 0. The van der Waals surface area contributed by atoms with E-state index in [1.807, 2.05) is 25.1 Å². The monoisotopic (exact) mass is 421 g/mol. The molecule has 1 aliphatic heterocycles. The van der Waals surface area contributed by atoms with Crippen molar-refractivity contribution in [1.82, 2.24) is 14.8 Å². The standard InChI is InChI=1S/C24H27N3O2S/c1-16-14-20(22(28)29-16)30-23-26-25-21(27(23)15-17-8-6-5-7-9-17)18-10-12-19(13-11-18)24(2,3)4/h5-13,16,20H,14-15H2,1-4H3. The number of thioether (sulfide) groups is 1. The molecule has 0 amide bonds. The molecule has 2 atom stereocenters. The van der Waals surface area contributed by atoms with Crippen LogP contribution >= 0.6 is 11.8 Å². The third kappa shape index (κ3) is 4.43. The first kappa shape index (κ1) is 20.7. The minimum atomic E-state index is -0.241. The lowest BCUT2D eigenvalue weighted by molar-refractivity contribution is -0.140. The van der Waals surface area contributed by atoms with Crippen molar-refractivity contribution in [2.24, 2.45) is 0 Å².